The maximum atomic E-state index is 12.4. The van der Waals surface area contributed by atoms with Crippen LogP contribution in [-0.2, 0) is 16.6 Å². The van der Waals surface area contributed by atoms with Gasteiger partial charge in [-0.3, -0.25) is 4.79 Å². The molecule has 2 aromatic heterocycles. The normalized spacial score (nSPS) is 11.5. The minimum absolute atomic E-state index is 0.206. The summed E-state index contributed by atoms with van der Waals surface area (Å²) in [6.45, 7) is 2.21. The zero-order valence-corrected chi connectivity index (χ0v) is 14.4. The van der Waals surface area contributed by atoms with Crippen LogP contribution in [0.1, 0.15) is 11.1 Å². The number of H-pyrrole nitrogens is 1. The van der Waals surface area contributed by atoms with Gasteiger partial charge in [-0.1, -0.05) is 29.8 Å². The second-order valence-electron chi connectivity index (χ2n) is 5.24. The molecule has 6 nitrogen and oxygen atoms in total. The molecular formula is C16H15N3O3S2. The molecule has 0 radical (unpaired) electrons. The fourth-order valence-corrected chi connectivity index (χ4v) is 4.38. The van der Waals surface area contributed by atoms with E-state index in [0.29, 0.717) is 10.6 Å². The summed E-state index contributed by atoms with van der Waals surface area (Å²) in [5, 5.41) is 6.24. The zero-order valence-electron chi connectivity index (χ0n) is 12.8. The van der Waals surface area contributed by atoms with Crippen molar-refractivity contribution in [2.75, 3.05) is 0 Å². The highest BCUT2D eigenvalue weighted by atomic mass is 32.2. The van der Waals surface area contributed by atoms with Gasteiger partial charge in [0.15, 0.2) is 0 Å². The summed E-state index contributed by atoms with van der Waals surface area (Å²) in [7, 11) is -3.60. The summed E-state index contributed by atoms with van der Waals surface area (Å²) < 4.78 is 27.6. The van der Waals surface area contributed by atoms with Gasteiger partial charge in [0.2, 0.25) is 10.0 Å². The third-order valence-corrected chi connectivity index (χ3v) is 6.37. The van der Waals surface area contributed by atoms with Crippen molar-refractivity contribution in [3.8, 4) is 10.6 Å². The summed E-state index contributed by atoms with van der Waals surface area (Å²) in [6, 6.07) is 13.8. The van der Waals surface area contributed by atoms with Gasteiger partial charge in [-0.15, -0.1) is 11.3 Å². The molecule has 0 spiro atoms. The molecular weight excluding hydrogens is 346 g/mol. The van der Waals surface area contributed by atoms with Crippen molar-refractivity contribution < 1.29 is 8.42 Å². The van der Waals surface area contributed by atoms with E-state index in [-0.39, 0.29) is 16.3 Å². The Bertz CT molecular complexity index is 985. The van der Waals surface area contributed by atoms with E-state index in [4.69, 9.17) is 0 Å². The fourth-order valence-electron chi connectivity index (χ4n) is 2.04. The quantitative estimate of drug-likeness (QED) is 0.729. The summed E-state index contributed by atoms with van der Waals surface area (Å²) in [5.41, 5.74) is 2.24. The molecule has 2 heterocycles. The molecule has 3 aromatic rings. The van der Waals surface area contributed by atoms with Crippen molar-refractivity contribution in [2.24, 2.45) is 0 Å². The average Bonchev–Trinajstić information content (AvgIpc) is 3.06. The van der Waals surface area contributed by atoms with Crippen molar-refractivity contribution in [1.82, 2.24) is 14.9 Å². The maximum absolute atomic E-state index is 12.4. The number of rotatable bonds is 5. The molecule has 0 bridgehead atoms. The number of nitrogens with zero attached hydrogens (tertiary/aromatic N) is 1. The Hall–Kier alpha value is -2.29. The Balaban J connectivity index is 1.76. The van der Waals surface area contributed by atoms with E-state index < -0.39 is 10.0 Å². The minimum Gasteiger partial charge on any atom is -0.268 e. The number of hydrogen-bond donors (Lipinski definition) is 2. The Labute approximate surface area is 143 Å². The van der Waals surface area contributed by atoms with Crippen LogP contribution in [0, 0.1) is 6.92 Å². The Morgan fingerprint density at radius 2 is 1.83 bits per heavy atom. The number of aryl methyl sites for hydroxylation is 1. The molecule has 0 aliphatic rings. The van der Waals surface area contributed by atoms with Gasteiger partial charge < -0.3 is 0 Å². The SMILES string of the molecule is Cc1ccc(CNS(=O)(=O)c2ccc(-c3ccc(=O)[nH]n3)s2)cc1. The molecule has 124 valence electrons. The molecule has 0 atom stereocenters. The van der Waals surface area contributed by atoms with E-state index in [1.54, 1.807) is 12.1 Å². The lowest BCUT2D eigenvalue weighted by molar-refractivity contribution is 0.583. The molecule has 0 saturated heterocycles. The summed E-state index contributed by atoms with van der Waals surface area (Å²) in [6.07, 6.45) is 0. The molecule has 8 heteroatoms. The number of hydrogen-bond acceptors (Lipinski definition) is 5. The number of sulfonamides is 1. The van der Waals surface area contributed by atoms with Crippen LogP contribution < -0.4 is 10.3 Å². The van der Waals surface area contributed by atoms with Crippen LogP contribution in [0.25, 0.3) is 10.6 Å². The van der Waals surface area contributed by atoms with Crippen LogP contribution in [0.5, 0.6) is 0 Å². The van der Waals surface area contributed by atoms with Gasteiger partial charge in [0.25, 0.3) is 5.56 Å². The zero-order chi connectivity index (χ0) is 17.2. The first kappa shape index (κ1) is 16.6. The molecule has 1 aromatic carbocycles. The average molecular weight is 361 g/mol. The third kappa shape index (κ3) is 3.78. The van der Waals surface area contributed by atoms with Crippen molar-refractivity contribution in [3.63, 3.8) is 0 Å². The van der Waals surface area contributed by atoms with Gasteiger partial charge in [0.1, 0.15) is 9.90 Å². The van der Waals surface area contributed by atoms with Crippen LogP contribution >= 0.6 is 11.3 Å². The Morgan fingerprint density at radius 1 is 1.08 bits per heavy atom. The summed E-state index contributed by atoms with van der Waals surface area (Å²) in [5.74, 6) is 0. The second-order valence-corrected chi connectivity index (χ2v) is 8.31. The number of nitrogens with one attached hydrogen (secondary N) is 2. The number of aromatic amines is 1. The molecule has 0 aliphatic heterocycles. The van der Waals surface area contributed by atoms with Gasteiger partial charge in [-0.2, -0.15) is 5.10 Å². The Kier molecular flexibility index (Phi) is 4.61. The number of aromatic nitrogens is 2. The second kappa shape index (κ2) is 6.68. The first-order valence-corrected chi connectivity index (χ1v) is 9.45. The standard InChI is InChI=1S/C16H15N3O3S2/c1-11-2-4-12(5-3-11)10-17-24(21,22)16-9-7-14(23-16)13-6-8-15(20)19-18-13/h2-9,17H,10H2,1H3,(H,19,20). The molecule has 0 aliphatic carbocycles. The highest BCUT2D eigenvalue weighted by Crippen LogP contribution is 2.28. The lowest BCUT2D eigenvalue weighted by atomic mass is 10.2. The van der Waals surface area contributed by atoms with Crippen LogP contribution in [-0.4, -0.2) is 18.6 Å². The first-order valence-electron chi connectivity index (χ1n) is 7.15. The highest BCUT2D eigenvalue weighted by molar-refractivity contribution is 7.91. The molecule has 24 heavy (non-hydrogen) atoms. The molecule has 2 N–H and O–H groups in total. The van der Waals surface area contributed by atoms with Gasteiger partial charge in [-0.05, 0) is 30.7 Å². The van der Waals surface area contributed by atoms with Gasteiger partial charge in [-0.25, -0.2) is 18.2 Å². The van der Waals surface area contributed by atoms with Gasteiger partial charge in [0.05, 0.1) is 4.88 Å². The lowest BCUT2D eigenvalue weighted by Gasteiger charge is -2.05. The molecule has 0 fully saturated rings. The van der Waals surface area contributed by atoms with Crippen LogP contribution in [0.4, 0.5) is 0 Å². The minimum atomic E-state index is -3.60. The van der Waals surface area contributed by atoms with Gasteiger partial charge >= 0.3 is 0 Å². The third-order valence-electron chi connectivity index (χ3n) is 3.36. The molecule has 0 amide bonds. The molecule has 0 saturated carbocycles. The molecule has 0 unspecified atom stereocenters. The maximum Gasteiger partial charge on any atom is 0.264 e. The Morgan fingerprint density at radius 3 is 2.50 bits per heavy atom. The smallest absolute Gasteiger partial charge is 0.264 e. The largest absolute Gasteiger partial charge is 0.268 e. The van der Waals surface area contributed by atoms with E-state index in [1.807, 2.05) is 31.2 Å². The van der Waals surface area contributed by atoms with Crippen LogP contribution in [0.3, 0.4) is 0 Å². The summed E-state index contributed by atoms with van der Waals surface area (Å²) in [4.78, 5) is 11.7. The monoisotopic (exact) mass is 361 g/mol. The van der Waals surface area contributed by atoms with Gasteiger partial charge in [0, 0.05) is 12.6 Å². The van der Waals surface area contributed by atoms with Crippen molar-refractivity contribution in [2.45, 2.75) is 17.7 Å². The van der Waals surface area contributed by atoms with E-state index >= 15 is 0 Å². The van der Waals surface area contributed by atoms with Crippen LogP contribution in [0.2, 0.25) is 0 Å². The van der Waals surface area contributed by atoms with E-state index in [0.717, 1.165) is 22.5 Å². The van der Waals surface area contributed by atoms with Crippen LogP contribution in [0.15, 0.2) is 57.5 Å². The van der Waals surface area contributed by atoms with E-state index in [1.165, 1.54) is 12.1 Å². The van der Waals surface area contributed by atoms with Crippen molar-refractivity contribution in [1.29, 1.82) is 0 Å². The number of benzene rings is 1. The van der Waals surface area contributed by atoms with E-state index in [9.17, 15) is 13.2 Å². The predicted octanol–water partition coefficient (Wildman–Crippen LogP) is 2.29. The summed E-state index contributed by atoms with van der Waals surface area (Å²) >= 11 is 1.10. The molecule has 3 rings (SSSR count). The van der Waals surface area contributed by atoms with Crippen molar-refractivity contribution in [3.05, 3.63) is 70.0 Å². The lowest BCUT2D eigenvalue weighted by Crippen LogP contribution is -2.22. The number of thiophene rings is 1. The van der Waals surface area contributed by atoms with Crippen molar-refractivity contribution >= 4 is 21.4 Å². The van der Waals surface area contributed by atoms with E-state index in [2.05, 4.69) is 14.9 Å². The topological polar surface area (TPSA) is 91.9 Å². The predicted molar refractivity (Wildman–Crippen MR) is 93.4 cm³/mol. The fraction of sp³-hybridized carbons (Fsp3) is 0.125. The first-order chi connectivity index (χ1) is 11.4. The highest BCUT2D eigenvalue weighted by Gasteiger charge is 2.17.